The number of carbonyl (C=O) groups excluding carboxylic acids is 2. The number of fused-ring (bicyclic) bond motifs is 1. The molecule has 0 bridgehead atoms. The van der Waals surface area contributed by atoms with Gasteiger partial charge in [-0.3, -0.25) is 9.59 Å². The van der Waals surface area contributed by atoms with Crippen molar-refractivity contribution >= 4 is 32.6 Å². The monoisotopic (exact) mass is 419 g/mol. The Morgan fingerprint density at radius 3 is 2.34 bits per heavy atom. The number of H-pyrrole nitrogens is 1. The number of piperazine rings is 1. The maximum absolute atomic E-state index is 12.7. The third-order valence-electron chi connectivity index (χ3n) is 5.40. The second-order valence-corrected chi connectivity index (χ2v) is 9.78. The third-order valence-corrected chi connectivity index (χ3v) is 7.00. The number of para-hydroxylation sites is 1. The summed E-state index contributed by atoms with van der Waals surface area (Å²) in [5.74, 6) is -0.699. The molecular formula is C21H29N3O4S. The Labute approximate surface area is 172 Å². The summed E-state index contributed by atoms with van der Waals surface area (Å²) in [6, 6.07) is 7.87. The lowest BCUT2D eigenvalue weighted by Gasteiger charge is -2.34. The summed E-state index contributed by atoms with van der Waals surface area (Å²) in [6.07, 6.45) is 4.57. The quantitative estimate of drug-likeness (QED) is 0.663. The van der Waals surface area contributed by atoms with E-state index in [9.17, 15) is 18.0 Å². The highest BCUT2D eigenvalue weighted by Gasteiger charge is 2.27. The number of aromatic amines is 1. The lowest BCUT2D eigenvalue weighted by atomic mass is 10.1. The number of nitrogens with one attached hydrogen (secondary N) is 1. The number of benzene rings is 1. The standard InChI is InChI=1S/C21H29N3O4S/c1-2-3-6-13-29(27,28)16-21(26)24-11-9-23(10-12-24)20(25)14-17-15-22-19-8-5-4-7-18(17)19/h4-5,7-8,15,22H,2-3,6,9-14,16H2,1H3. The maximum Gasteiger partial charge on any atom is 0.237 e. The summed E-state index contributed by atoms with van der Waals surface area (Å²) in [5.41, 5.74) is 1.97. The molecule has 1 fully saturated rings. The highest BCUT2D eigenvalue weighted by atomic mass is 32.2. The molecule has 2 aromatic rings. The fourth-order valence-electron chi connectivity index (χ4n) is 3.68. The summed E-state index contributed by atoms with van der Waals surface area (Å²) in [7, 11) is -3.36. The zero-order valence-corrected chi connectivity index (χ0v) is 17.7. The lowest BCUT2D eigenvalue weighted by molar-refractivity contribution is -0.137. The van der Waals surface area contributed by atoms with E-state index in [2.05, 4.69) is 4.98 Å². The van der Waals surface area contributed by atoms with Gasteiger partial charge in [0.15, 0.2) is 9.84 Å². The Kier molecular flexibility index (Phi) is 6.95. The second-order valence-electron chi connectivity index (χ2n) is 7.60. The number of sulfone groups is 1. The Morgan fingerprint density at radius 1 is 1.00 bits per heavy atom. The van der Waals surface area contributed by atoms with E-state index in [0.717, 1.165) is 29.3 Å². The van der Waals surface area contributed by atoms with Crippen LogP contribution in [0.5, 0.6) is 0 Å². The van der Waals surface area contributed by atoms with Crippen LogP contribution in [-0.2, 0) is 25.8 Å². The molecule has 0 saturated carbocycles. The molecule has 1 N–H and O–H groups in total. The SMILES string of the molecule is CCCCCS(=O)(=O)CC(=O)N1CCN(C(=O)Cc2c[nH]c3ccccc23)CC1. The van der Waals surface area contributed by atoms with E-state index in [1.807, 2.05) is 37.4 Å². The normalized spacial score (nSPS) is 15.1. The molecule has 1 aromatic carbocycles. The summed E-state index contributed by atoms with van der Waals surface area (Å²) >= 11 is 0. The Bertz CT molecular complexity index is 959. The first-order chi connectivity index (χ1) is 13.9. The van der Waals surface area contributed by atoms with Crippen molar-refractivity contribution in [2.24, 2.45) is 0 Å². The predicted molar refractivity (Wildman–Crippen MR) is 113 cm³/mol. The van der Waals surface area contributed by atoms with E-state index >= 15 is 0 Å². The van der Waals surface area contributed by atoms with Crippen LogP contribution in [0.25, 0.3) is 10.9 Å². The lowest BCUT2D eigenvalue weighted by Crippen LogP contribution is -2.52. The summed E-state index contributed by atoms with van der Waals surface area (Å²) < 4.78 is 24.2. The largest absolute Gasteiger partial charge is 0.361 e. The van der Waals surface area contributed by atoms with Gasteiger partial charge in [-0.25, -0.2) is 8.42 Å². The van der Waals surface area contributed by atoms with E-state index in [-0.39, 0.29) is 17.6 Å². The first-order valence-corrected chi connectivity index (χ1v) is 12.0. The van der Waals surface area contributed by atoms with Crippen LogP contribution in [0.1, 0.15) is 31.7 Å². The van der Waals surface area contributed by atoms with E-state index in [1.165, 1.54) is 0 Å². The number of aromatic nitrogens is 1. The van der Waals surface area contributed by atoms with Gasteiger partial charge in [0.25, 0.3) is 0 Å². The number of nitrogens with zero attached hydrogens (tertiary/aromatic N) is 2. The van der Waals surface area contributed by atoms with Crippen LogP contribution < -0.4 is 0 Å². The first-order valence-electron chi connectivity index (χ1n) is 10.2. The van der Waals surface area contributed by atoms with Gasteiger partial charge >= 0.3 is 0 Å². The van der Waals surface area contributed by atoms with Gasteiger partial charge in [-0.15, -0.1) is 0 Å². The number of unbranched alkanes of at least 4 members (excludes halogenated alkanes) is 2. The molecule has 0 unspecified atom stereocenters. The fourth-order valence-corrected chi connectivity index (χ4v) is 5.03. The maximum atomic E-state index is 12.7. The van der Waals surface area contributed by atoms with E-state index in [1.54, 1.807) is 9.80 Å². The van der Waals surface area contributed by atoms with Crippen LogP contribution in [0, 0.1) is 0 Å². The molecule has 0 radical (unpaired) electrons. The van der Waals surface area contributed by atoms with Crippen molar-refractivity contribution in [3.8, 4) is 0 Å². The molecule has 1 aliphatic heterocycles. The number of carbonyl (C=O) groups is 2. The van der Waals surface area contributed by atoms with Crippen LogP contribution in [-0.4, -0.2) is 72.7 Å². The van der Waals surface area contributed by atoms with Crippen molar-refractivity contribution in [3.05, 3.63) is 36.0 Å². The second kappa shape index (κ2) is 9.43. The molecule has 2 heterocycles. The smallest absolute Gasteiger partial charge is 0.237 e. The van der Waals surface area contributed by atoms with Gasteiger partial charge in [0.05, 0.1) is 12.2 Å². The Morgan fingerprint density at radius 2 is 1.66 bits per heavy atom. The average molecular weight is 420 g/mol. The molecule has 1 aromatic heterocycles. The van der Waals surface area contributed by atoms with Gasteiger partial charge in [0.2, 0.25) is 11.8 Å². The molecular weight excluding hydrogens is 390 g/mol. The molecule has 7 nitrogen and oxygen atoms in total. The van der Waals surface area contributed by atoms with Crippen LogP contribution in [0.4, 0.5) is 0 Å². The van der Waals surface area contributed by atoms with Gasteiger partial charge < -0.3 is 14.8 Å². The van der Waals surface area contributed by atoms with Crippen LogP contribution in [0.3, 0.4) is 0 Å². The number of hydrogen-bond donors (Lipinski definition) is 1. The summed E-state index contributed by atoms with van der Waals surface area (Å²) in [5, 5.41) is 1.04. The van der Waals surface area contributed by atoms with Crippen molar-refractivity contribution in [3.63, 3.8) is 0 Å². The van der Waals surface area contributed by atoms with Crippen LogP contribution in [0.2, 0.25) is 0 Å². The van der Waals surface area contributed by atoms with Crippen LogP contribution >= 0.6 is 0 Å². The first kappa shape index (κ1) is 21.4. The van der Waals surface area contributed by atoms with Gasteiger partial charge in [-0.2, -0.15) is 0 Å². The van der Waals surface area contributed by atoms with Crippen molar-refractivity contribution in [1.29, 1.82) is 0 Å². The highest BCUT2D eigenvalue weighted by molar-refractivity contribution is 7.92. The van der Waals surface area contributed by atoms with Crippen molar-refractivity contribution < 1.29 is 18.0 Å². The highest BCUT2D eigenvalue weighted by Crippen LogP contribution is 2.19. The molecule has 0 aliphatic carbocycles. The molecule has 2 amide bonds. The third kappa shape index (κ3) is 5.59. The minimum Gasteiger partial charge on any atom is -0.361 e. The molecule has 0 spiro atoms. The van der Waals surface area contributed by atoms with Crippen LogP contribution in [0.15, 0.2) is 30.5 Å². The van der Waals surface area contributed by atoms with Crippen molar-refractivity contribution in [2.75, 3.05) is 37.7 Å². The Balaban J connectivity index is 1.49. The zero-order valence-electron chi connectivity index (χ0n) is 16.9. The average Bonchev–Trinajstić information content (AvgIpc) is 3.11. The van der Waals surface area contributed by atoms with E-state index in [0.29, 0.717) is 39.0 Å². The molecule has 8 heteroatoms. The zero-order chi connectivity index (χ0) is 20.9. The van der Waals surface area contributed by atoms with Crippen molar-refractivity contribution in [1.82, 2.24) is 14.8 Å². The Hall–Kier alpha value is -2.35. The molecule has 158 valence electrons. The number of rotatable bonds is 8. The summed E-state index contributed by atoms with van der Waals surface area (Å²) in [6.45, 7) is 3.63. The van der Waals surface area contributed by atoms with Gasteiger partial charge in [0, 0.05) is 43.3 Å². The molecule has 1 aliphatic rings. The van der Waals surface area contributed by atoms with Gasteiger partial charge in [-0.05, 0) is 18.1 Å². The predicted octanol–water partition coefficient (Wildman–Crippen LogP) is 1.99. The van der Waals surface area contributed by atoms with Gasteiger partial charge in [0.1, 0.15) is 5.75 Å². The van der Waals surface area contributed by atoms with E-state index in [4.69, 9.17) is 0 Å². The minimum atomic E-state index is -3.36. The number of amides is 2. The molecule has 0 atom stereocenters. The molecule has 29 heavy (non-hydrogen) atoms. The van der Waals surface area contributed by atoms with Gasteiger partial charge in [-0.1, -0.05) is 38.0 Å². The van der Waals surface area contributed by atoms with E-state index < -0.39 is 15.6 Å². The minimum absolute atomic E-state index is 0.0223. The van der Waals surface area contributed by atoms with Crippen molar-refractivity contribution in [2.45, 2.75) is 32.6 Å². The summed E-state index contributed by atoms with van der Waals surface area (Å²) in [4.78, 5) is 31.5. The topological polar surface area (TPSA) is 90.6 Å². The fraction of sp³-hybridized carbons (Fsp3) is 0.524. The molecule has 3 rings (SSSR count). The number of hydrogen-bond acceptors (Lipinski definition) is 4. The molecule has 1 saturated heterocycles.